The Hall–Kier alpha value is -1.95. The molecule has 1 rings (SSSR count). The summed E-state index contributed by atoms with van der Waals surface area (Å²) in [4.78, 5) is 20.7. The summed E-state index contributed by atoms with van der Waals surface area (Å²) in [6.07, 6.45) is 1.73. The van der Waals surface area contributed by atoms with Crippen LogP contribution in [-0.4, -0.2) is 22.5 Å². The standard InChI is InChI=1S/C15H22N2O4/c1-15(2,8-7-14(18)19)9-10-16-11-12-3-5-13(6-4-12)17(20)21/h3-6,16H,7-11H2,1-2H3,(H,18,19). The molecular weight excluding hydrogens is 272 g/mol. The van der Waals surface area contributed by atoms with Gasteiger partial charge in [-0.2, -0.15) is 0 Å². The Morgan fingerprint density at radius 2 is 1.90 bits per heavy atom. The van der Waals surface area contributed by atoms with Crippen LogP contribution in [0.25, 0.3) is 0 Å². The van der Waals surface area contributed by atoms with Crippen molar-refractivity contribution in [1.82, 2.24) is 5.32 Å². The number of nitrogens with one attached hydrogen (secondary N) is 1. The molecule has 2 N–H and O–H groups in total. The van der Waals surface area contributed by atoms with Crippen molar-refractivity contribution >= 4 is 11.7 Å². The van der Waals surface area contributed by atoms with Crippen LogP contribution in [0.15, 0.2) is 24.3 Å². The van der Waals surface area contributed by atoms with Crippen LogP contribution in [0.2, 0.25) is 0 Å². The molecule has 0 aliphatic rings. The van der Waals surface area contributed by atoms with Gasteiger partial charge in [0.05, 0.1) is 4.92 Å². The Kier molecular flexibility index (Phi) is 6.30. The normalized spacial score (nSPS) is 11.3. The third-order valence-electron chi connectivity index (χ3n) is 3.47. The summed E-state index contributed by atoms with van der Waals surface area (Å²) >= 11 is 0. The smallest absolute Gasteiger partial charge is 0.303 e. The molecule has 0 amide bonds. The molecule has 6 nitrogen and oxygen atoms in total. The van der Waals surface area contributed by atoms with E-state index in [9.17, 15) is 14.9 Å². The number of nitrogens with zero attached hydrogens (tertiary/aromatic N) is 1. The Balaban J connectivity index is 2.30. The van der Waals surface area contributed by atoms with Gasteiger partial charge >= 0.3 is 5.97 Å². The molecule has 0 aliphatic heterocycles. The SMILES string of the molecule is CC(C)(CCNCc1ccc([N+](=O)[O-])cc1)CCC(=O)O. The molecule has 21 heavy (non-hydrogen) atoms. The molecule has 0 saturated heterocycles. The van der Waals surface area contributed by atoms with E-state index in [1.165, 1.54) is 12.1 Å². The number of nitro groups is 1. The number of hydrogen-bond acceptors (Lipinski definition) is 4. The second-order valence-electron chi connectivity index (χ2n) is 5.91. The van der Waals surface area contributed by atoms with Gasteiger partial charge in [0.1, 0.15) is 0 Å². The maximum Gasteiger partial charge on any atom is 0.303 e. The number of benzene rings is 1. The summed E-state index contributed by atoms with van der Waals surface area (Å²) in [6.45, 7) is 5.55. The summed E-state index contributed by atoms with van der Waals surface area (Å²) in [6, 6.07) is 6.46. The minimum absolute atomic E-state index is 0.0130. The molecular formula is C15H22N2O4. The number of rotatable bonds is 9. The zero-order chi connectivity index (χ0) is 15.9. The van der Waals surface area contributed by atoms with Gasteiger partial charge in [0, 0.05) is 25.1 Å². The van der Waals surface area contributed by atoms with Crippen molar-refractivity contribution in [3.8, 4) is 0 Å². The highest BCUT2D eigenvalue weighted by Gasteiger charge is 2.18. The van der Waals surface area contributed by atoms with Crippen molar-refractivity contribution in [1.29, 1.82) is 0 Å². The Morgan fingerprint density at radius 3 is 2.43 bits per heavy atom. The molecule has 0 atom stereocenters. The Labute approximate surface area is 124 Å². The fourth-order valence-corrected chi connectivity index (χ4v) is 1.97. The maximum atomic E-state index is 10.6. The molecule has 6 heteroatoms. The maximum absolute atomic E-state index is 10.6. The van der Waals surface area contributed by atoms with Crippen LogP contribution in [0.3, 0.4) is 0 Å². The Morgan fingerprint density at radius 1 is 1.29 bits per heavy atom. The number of carboxylic acids is 1. The molecule has 0 radical (unpaired) electrons. The van der Waals surface area contributed by atoms with Gasteiger partial charge in [-0.3, -0.25) is 14.9 Å². The number of nitro benzene ring substituents is 1. The van der Waals surface area contributed by atoms with Gasteiger partial charge in [-0.05, 0) is 30.4 Å². The van der Waals surface area contributed by atoms with Crippen LogP contribution in [-0.2, 0) is 11.3 Å². The molecule has 0 aromatic heterocycles. The van der Waals surface area contributed by atoms with E-state index in [1.54, 1.807) is 12.1 Å². The average Bonchev–Trinajstić information content (AvgIpc) is 2.42. The summed E-state index contributed by atoms with van der Waals surface area (Å²) < 4.78 is 0. The third-order valence-corrected chi connectivity index (χ3v) is 3.47. The molecule has 0 unspecified atom stereocenters. The van der Waals surface area contributed by atoms with E-state index in [1.807, 2.05) is 0 Å². The lowest BCUT2D eigenvalue weighted by molar-refractivity contribution is -0.384. The van der Waals surface area contributed by atoms with E-state index in [0.29, 0.717) is 13.0 Å². The van der Waals surface area contributed by atoms with Crippen molar-refractivity contribution in [3.05, 3.63) is 39.9 Å². The summed E-state index contributed by atoms with van der Waals surface area (Å²) in [5.74, 6) is -0.762. The van der Waals surface area contributed by atoms with Gasteiger partial charge in [-0.1, -0.05) is 26.0 Å². The number of hydrogen-bond donors (Lipinski definition) is 2. The van der Waals surface area contributed by atoms with Gasteiger partial charge in [0.25, 0.3) is 5.69 Å². The molecule has 1 aromatic rings. The van der Waals surface area contributed by atoms with Gasteiger partial charge in [-0.15, -0.1) is 0 Å². The predicted octanol–water partition coefficient (Wildman–Crippen LogP) is 2.97. The quantitative estimate of drug-likeness (QED) is 0.415. The van der Waals surface area contributed by atoms with E-state index < -0.39 is 10.9 Å². The van der Waals surface area contributed by atoms with Crippen molar-refractivity contribution < 1.29 is 14.8 Å². The predicted molar refractivity (Wildman–Crippen MR) is 80.1 cm³/mol. The zero-order valence-electron chi connectivity index (χ0n) is 12.5. The first-order valence-corrected chi connectivity index (χ1v) is 6.96. The van der Waals surface area contributed by atoms with Gasteiger partial charge in [0.15, 0.2) is 0 Å². The van der Waals surface area contributed by atoms with E-state index >= 15 is 0 Å². The topological polar surface area (TPSA) is 92.5 Å². The first kappa shape index (κ1) is 17.1. The highest BCUT2D eigenvalue weighted by Crippen LogP contribution is 2.26. The minimum Gasteiger partial charge on any atom is -0.481 e. The number of aliphatic carboxylic acids is 1. The number of carboxylic acid groups (broad SMARTS) is 1. The first-order valence-electron chi connectivity index (χ1n) is 6.96. The molecule has 0 fully saturated rings. The van der Waals surface area contributed by atoms with Crippen LogP contribution >= 0.6 is 0 Å². The summed E-state index contributed by atoms with van der Waals surface area (Å²) in [5.41, 5.74) is 1.07. The van der Waals surface area contributed by atoms with Gasteiger partial charge in [-0.25, -0.2) is 0 Å². The summed E-state index contributed by atoms with van der Waals surface area (Å²) in [7, 11) is 0. The summed E-state index contributed by atoms with van der Waals surface area (Å²) in [5, 5.41) is 22.5. The fraction of sp³-hybridized carbons (Fsp3) is 0.533. The minimum atomic E-state index is -0.762. The zero-order valence-corrected chi connectivity index (χ0v) is 12.5. The van der Waals surface area contributed by atoms with Crippen molar-refractivity contribution in [2.45, 2.75) is 39.7 Å². The van der Waals surface area contributed by atoms with E-state index in [0.717, 1.165) is 18.5 Å². The van der Waals surface area contributed by atoms with E-state index in [4.69, 9.17) is 5.11 Å². The van der Waals surface area contributed by atoms with Crippen LogP contribution in [0, 0.1) is 15.5 Å². The Bertz CT molecular complexity index is 483. The van der Waals surface area contributed by atoms with Crippen molar-refractivity contribution in [2.24, 2.45) is 5.41 Å². The highest BCUT2D eigenvalue weighted by atomic mass is 16.6. The molecule has 116 valence electrons. The largest absolute Gasteiger partial charge is 0.481 e. The number of non-ortho nitro benzene ring substituents is 1. The van der Waals surface area contributed by atoms with Crippen molar-refractivity contribution in [3.63, 3.8) is 0 Å². The van der Waals surface area contributed by atoms with Gasteiger partial charge in [0.2, 0.25) is 0 Å². The van der Waals surface area contributed by atoms with Crippen LogP contribution < -0.4 is 5.32 Å². The molecule has 0 saturated carbocycles. The van der Waals surface area contributed by atoms with Crippen LogP contribution in [0.1, 0.15) is 38.7 Å². The molecule has 0 heterocycles. The molecule has 0 bridgehead atoms. The second kappa shape index (κ2) is 7.73. The number of carbonyl (C=O) groups is 1. The van der Waals surface area contributed by atoms with E-state index in [2.05, 4.69) is 19.2 Å². The second-order valence-corrected chi connectivity index (χ2v) is 5.91. The average molecular weight is 294 g/mol. The highest BCUT2D eigenvalue weighted by molar-refractivity contribution is 5.66. The van der Waals surface area contributed by atoms with Crippen LogP contribution in [0.4, 0.5) is 5.69 Å². The monoisotopic (exact) mass is 294 g/mol. The van der Waals surface area contributed by atoms with E-state index in [-0.39, 0.29) is 17.5 Å². The molecule has 0 aliphatic carbocycles. The first-order chi connectivity index (χ1) is 9.80. The lowest BCUT2D eigenvalue weighted by Crippen LogP contribution is -2.23. The fourth-order valence-electron chi connectivity index (χ4n) is 1.97. The molecule has 0 spiro atoms. The lowest BCUT2D eigenvalue weighted by Gasteiger charge is -2.23. The molecule has 1 aromatic carbocycles. The van der Waals surface area contributed by atoms with Crippen LogP contribution in [0.5, 0.6) is 0 Å². The third kappa shape index (κ3) is 6.85. The van der Waals surface area contributed by atoms with Gasteiger partial charge < -0.3 is 10.4 Å². The lowest BCUT2D eigenvalue weighted by atomic mass is 9.84. The van der Waals surface area contributed by atoms with Crippen molar-refractivity contribution in [2.75, 3.05) is 6.54 Å².